The zero-order valence-electron chi connectivity index (χ0n) is 16.3. The van der Waals surface area contributed by atoms with Crippen LogP contribution in [0, 0.1) is 0 Å². The number of benzene rings is 3. The number of hydrogen-bond acceptors (Lipinski definition) is 4. The van der Waals surface area contributed by atoms with Crippen molar-refractivity contribution in [1.29, 1.82) is 0 Å². The molecule has 30 heavy (non-hydrogen) atoms. The second-order valence-electron chi connectivity index (χ2n) is 6.28. The van der Waals surface area contributed by atoms with E-state index < -0.39 is 0 Å². The number of rotatable bonds is 9. The Morgan fingerprint density at radius 2 is 1.73 bits per heavy atom. The quantitative estimate of drug-likeness (QED) is 0.292. The first-order chi connectivity index (χ1) is 14.7. The summed E-state index contributed by atoms with van der Waals surface area (Å²) in [5, 5.41) is 4.70. The molecule has 0 aliphatic carbocycles. The molecule has 6 heteroatoms. The summed E-state index contributed by atoms with van der Waals surface area (Å²) in [6, 6.07) is 21.7. The highest BCUT2D eigenvalue weighted by Gasteiger charge is 2.05. The smallest absolute Gasteiger partial charge is 0.271 e. The van der Waals surface area contributed by atoms with Gasteiger partial charge in [-0.1, -0.05) is 48.5 Å². The fraction of sp³-hybridized carbons (Fsp3) is 0.0833. The van der Waals surface area contributed by atoms with Crippen LogP contribution in [-0.4, -0.2) is 18.7 Å². The molecule has 1 amide bonds. The molecule has 3 rings (SSSR count). The van der Waals surface area contributed by atoms with Gasteiger partial charge in [-0.25, -0.2) is 5.43 Å². The lowest BCUT2D eigenvalue weighted by atomic mass is 10.2. The number of carbonyl (C=O) groups is 1. The van der Waals surface area contributed by atoms with Crippen molar-refractivity contribution in [1.82, 2.24) is 5.43 Å². The summed E-state index contributed by atoms with van der Waals surface area (Å²) >= 11 is 5.88. The van der Waals surface area contributed by atoms with Gasteiger partial charge in [-0.15, -0.1) is 0 Å². The molecule has 0 bridgehead atoms. The molecule has 5 nitrogen and oxygen atoms in total. The Labute approximate surface area is 180 Å². The Kier molecular flexibility index (Phi) is 7.64. The number of ether oxygens (including phenoxy) is 2. The monoisotopic (exact) mass is 420 g/mol. The average Bonchev–Trinajstić information content (AvgIpc) is 2.78. The van der Waals surface area contributed by atoms with Gasteiger partial charge < -0.3 is 9.47 Å². The summed E-state index contributed by atoms with van der Waals surface area (Å²) in [4.78, 5) is 12.3. The van der Waals surface area contributed by atoms with Crippen molar-refractivity contribution in [2.45, 2.75) is 6.61 Å². The largest absolute Gasteiger partial charge is 0.489 e. The second kappa shape index (κ2) is 10.8. The summed E-state index contributed by atoms with van der Waals surface area (Å²) in [5.41, 5.74) is 4.75. The molecule has 0 aliphatic heterocycles. The van der Waals surface area contributed by atoms with Crippen molar-refractivity contribution < 1.29 is 14.3 Å². The number of carbonyl (C=O) groups excluding carboxylic acids is 1. The molecular weight excluding hydrogens is 400 g/mol. The molecule has 3 aromatic rings. The first-order valence-corrected chi connectivity index (χ1v) is 9.67. The van der Waals surface area contributed by atoms with Crippen LogP contribution in [0.2, 0.25) is 5.02 Å². The van der Waals surface area contributed by atoms with E-state index in [1.165, 1.54) is 0 Å². The lowest BCUT2D eigenvalue weighted by Crippen LogP contribution is -2.17. The topological polar surface area (TPSA) is 59.9 Å². The highest BCUT2D eigenvalue weighted by atomic mass is 35.5. The zero-order valence-corrected chi connectivity index (χ0v) is 17.0. The van der Waals surface area contributed by atoms with Crippen molar-refractivity contribution in [3.63, 3.8) is 0 Å². The highest BCUT2D eigenvalue weighted by Crippen LogP contribution is 2.17. The third kappa shape index (κ3) is 6.22. The van der Waals surface area contributed by atoms with E-state index in [1.807, 2.05) is 48.5 Å². The van der Waals surface area contributed by atoms with Crippen LogP contribution in [0.4, 0.5) is 0 Å². The van der Waals surface area contributed by atoms with E-state index in [-0.39, 0.29) is 5.91 Å². The minimum atomic E-state index is -0.319. The molecule has 152 valence electrons. The first kappa shape index (κ1) is 21.1. The molecule has 0 fully saturated rings. The van der Waals surface area contributed by atoms with Gasteiger partial charge in [0.1, 0.15) is 24.7 Å². The number of nitrogens with one attached hydrogen (secondary N) is 1. The lowest BCUT2D eigenvalue weighted by molar-refractivity contribution is 0.0955. The van der Waals surface area contributed by atoms with Gasteiger partial charge >= 0.3 is 0 Å². The second-order valence-corrected chi connectivity index (χ2v) is 6.71. The summed E-state index contributed by atoms with van der Waals surface area (Å²) in [7, 11) is 0. The predicted octanol–water partition coefficient (Wildman–Crippen LogP) is 5.25. The molecule has 0 atom stereocenters. The first-order valence-electron chi connectivity index (χ1n) is 9.29. The summed E-state index contributed by atoms with van der Waals surface area (Å²) in [6.07, 6.45) is 3.21. The Morgan fingerprint density at radius 1 is 1.00 bits per heavy atom. The van der Waals surface area contributed by atoms with Gasteiger partial charge in [-0.2, -0.15) is 5.10 Å². The van der Waals surface area contributed by atoms with Crippen LogP contribution in [0.3, 0.4) is 0 Å². The van der Waals surface area contributed by atoms with E-state index in [1.54, 1.807) is 36.6 Å². The molecule has 0 aromatic heterocycles. The third-order valence-corrected chi connectivity index (χ3v) is 4.33. The Hall–Kier alpha value is -3.57. The number of amides is 1. The van der Waals surface area contributed by atoms with E-state index >= 15 is 0 Å². The van der Waals surface area contributed by atoms with Gasteiger partial charge in [-0.05, 0) is 54.1 Å². The summed E-state index contributed by atoms with van der Waals surface area (Å²) < 4.78 is 11.3. The van der Waals surface area contributed by atoms with E-state index in [2.05, 4.69) is 17.1 Å². The van der Waals surface area contributed by atoms with Gasteiger partial charge in [0.05, 0.1) is 6.21 Å². The van der Waals surface area contributed by atoms with E-state index in [0.717, 1.165) is 11.1 Å². The van der Waals surface area contributed by atoms with Crippen LogP contribution in [-0.2, 0) is 6.61 Å². The van der Waals surface area contributed by atoms with Gasteiger partial charge in [0.15, 0.2) is 0 Å². The molecular formula is C24H21ClN2O3. The van der Waals surface area contributed by atoms with Gasteiger partial charge in [-0.3, -0.25) is 4.79 Å². The summed E-state index contributed by atoms with van der Waals surface area (Å²) in [5.74, 6) is 1.01. The average molecular weight is 421 g/mol. The summed E-state index contributed by atoms with van der Waals surface area (Å²) in [6.45, 7) is 4.44. The van der Waals surface area contributed by atoms with E-state index in [0.29, 0.717) is 35.3 Å². The van der Waals surface area contributed by atoms with Crippen molar-refractivity contribution in [3.8, 4) is 11.5 Å². The maximum absolute atomic E-state index is 12.3. The lowest BCUT2D eigenvalue weighted by Gasteiger charge is -2.07. The standard InChI is InChI=1S/C24H21ClN2O3/c1-2-15-29-23-6-4-3-5-20(23)16-26-27-24(28)19-9-13-22(14-10-19)30-17-18-7-11-21(25)12-8-18/h2-14,16H,1,15,17H2,(H,27,28)/b26-16+. The van der Waals surface area contributed by atoms with E-state index in [9.17, 15) is 4.79 Å². The highest BCUT2D eigenvalue weighted by molar-refractivity contribution is 6.30. The van der Waals surface area contributed by atoms with Gasteiger partial charge in [0.2, 0.25) is 0 Å². The van der Waals surface area contributed by atoms with Crippen molar-refractivity contribution >= 4 is 23.7 Å². The Morgan fingerprint density at radius 3 is 2.47 bits per heavy atom. The Balaban J connectivity index is 1.54. The van der Waals surface area contributed by atoms with Crippen molar-refractivity contribution in [3.05, 3.63) is 107 Å². The molecule has 0 heterocycles. The van der Waals surface area contributed by atoms with Crippen molar-refractivity contribution in [2.24, 2.45) is 5.10 Å². The van der Waals surface area contributed by atoms with Crippen LogP contribution >= 0.6 is 11.6 Å². The van der Waals surface area contributed by atoms with Crippen molar-refractivity contribution in [2.75, 3.05) is 6.61 Å². The molecule has 3 aromatic carbocycles. The molecule has 0 spiro atoms. The Bertz CT molecular complexity index is 1020. The van der Waals surface area contributed by atoms with Gasteiger partial charge in [0, 0.05) is 16.1 Å². The van der Waals surface area contributed by atoms with E-state index in [4.69, 9.17) is 21.1 Å². The zero-order chi connectivity index (χ0) is 21.2. The van der Waals surface area contributed by atoms with Crippen LogP contribution in [0.25, 0.3) is 0 Å². The number of halogens is 1. The maximum atomic E-state index is 12.3. The number of hydrogen-bond donors (Lipinski definition) is 1. The van der Waals surface area contributed by atoms with Crippen LogP contribution < -0.4 is 14.9 Å². The maximum Gasteiger partial charge on any atom is 0.271 e. The fourth-order valence-corrected chi connectivity index (χ4v) is 2.67. The number of para-hydroxylation sites is 1. The molecule has 0 unspecified atom stereocenters. The molecule has 0 saturated carbocycles. The molecule has 0 radical (unpaired) electrons. The molecule has 1 N–H and O–H groups in total. The third-order valence-electron chi connectivity index (χ3n) is 4.08. The SMILES string of the molecule is C=CCOc1ccccc1/C=N/NC(=O)c1ccc(OCc2ccc(Cl)cc2)cc1. The predicted molar refractivity (Wildman–Crippen MR) is 119 cm³/mol. The van der Waals surface area contributed by atoms with Gasteiger partial charge in [0.25, 0.3) is 5.91 Å². The molecule has 0 saturated heterocycles. The van der Waals surface area contributed by atoms with Crippen LogP contribution in [0.15, 0.2) is 90.6 Å². The van der Waals surface area contributed by atoms with Crippen LogP contribution in [0.1, 0.15) is 21.5 Å². The molecule has 0 aliphatic rings. The van der Waals surface area contributed by atoms with Crippen LogP contribution in [0.5, 0.6) is 11.5 Å². The fourth-order valence-electron chi connectivity index (χ4n) is 2.54. The minimum Gasteiger partial charge on any atom is -0.489 e. The number of nitrogens with zero attached hydrogens (tertiary/aromatic N) is 1. The number of hydrazone groups is 1. The minimum absolute atomic E-state index is 0.319. The normalized spacial score (nSPS) is 10.6.